The van der Waals surface area contributed by atoms with Gasteiger partial charge < -0.3 is 19.5 Å². The van der Waals surface area contributed by atoms with E-state index in [1.165, 1.54) is 13.2 Å². The Morgan fingerprint density at radius 3 is 2.85 bits per heavy atom. The first-order chi connectivity index (χ1) is 13.0. The van der Waals surface area contributed by atoms with Gasteiger partial charge in [-0.3, -0.25) is 4.79 Å². The van der Waals surface area contributed by atoms with Crippen LogP contribution in [-0.2, 0) is 20.7 Å². The van der Waals surface area contributed by atoms with Crippen LogP contribution in [0.15, 0.2) is 42.5 Å². The third kappa shape index (κ3) is 4.88. The highest BCUT2D eigenvalue weighted by molar-refractivity contribution is 6.02. The summed E-state index contributed by atoms with van der Waals surface area (Å²) in [6.45, 7) is 2.41. The van der Waals surface area contributed by atoms with E-state index in [4.69, 9.17) is 9.47 Å². The second kappa shape index (κ2) is 8.40. The monoisotopic (exact) mass is 367 g/mol. The van der Waals surface area contributed by atoms with E-state index in [0.29, 0.717) is 18.0 Å². The van der Waals surface area contributed by atoms with Crippen molar-refractivity contribution in [1.82, 2.24) is 0 Å². The topological polar surface area (TPSA) is 73.9 Å². The fraction of sp³-hybridized carbons (Fsp3) is 0.238. The number of aryl methyl sites for hydroxylation is 1. The standard InChI is InChI=1S/C21H21NO5/c1-14-11-17(27-13-21(24)25-2)5-6-18(14)22-20(23)8-4-15-3-7-19-16(12-15)9-10-26-19/h3-8,11-12H,9-10,13H2,1-2H3,(H,22,23). The lowest BCUT2D eigenvalue weighted by Crippen LogP contribution is -2.13. The molecule has 140 valence electrons. The van der Waals surface area contributed by atoms with Crippen molar-refractivity contribution in [3.05, 3.63) is 59.2 Å². The molecule has 0 aromatic heterocycles. The zero-order chi connectivity index (χ0) is 19.2. The molecule has 2 aromatic carbocycles. The van der Waals surface area contributed by atoms with Crippen molar-refractivity contribution >= 4 is 23.6 Å². The smallest absolute Gasteiger partial charge is 0.343 e. The van der Waals surface area contributed by atoms with Gasteiger partial charge in [-0.2, -0.15) is 0 Å². The van der Waals surface area contributed by atoms with Gasteiger partial charge in [0.15, 0.2) is 6.61 Å². The Kier molecular flexibility index (Phi) is 5.76. The molecule has 0 saturated heterocycles. The van der Waals surface area contributed by atoms with E-state index in [-0.39, 0.29) is 12.5 Å². The predicted octanol–water partition coefficient (Wildman–Crippen LogP) is 3.13. The number of carbonyl (C=O) groups is 2. The van der Waals surface area contributed by atoms with Gasteiger partial charge in [-0.15, -0.1) is 0 Å². The molecule has 1 N–H and O–H groups in total. The summed E-state index contributed by atoms with van der Waals surface area (Å²) in [4.78, 5) is 23.3. The molecule has 6 nitrogen and oxygen atoms in total. The Morgan fingerprint density at radius 2 is 2.07 bits per heavy atom. The summed E-state index contributed by atoms with van der Waals surface area (Å²) in [5.41, 5.74) is 3.62. The molecule has 0 atom stereocenters. The largest absolute Gasteiger partial charge is 0.493 e. The normalized spacial score (nSPS) is 12.4. The molecule has 2 aromatic rings. The summed E-state index contributed by atoms with van der Waals surface area (Å²) in [6, 6.07) is 11.1. The second-order valence-electron chi connectivity index (χ2n) is 6.13. The van der Waals surface area contributed by atoms with E-state index in [2.05, 4.69) is 10.1 Å². The zero-order valence-corrected chi connectivity index (χ0v) is 15.3. The number of anilines is 1. The minimum atomic E-state index is -0.451. The van der Waals surface area contributed by atoms with Crippen LogP contribution < -0.4 is 14.8 Å². The van der Waals surface area contributed by atoms with Crippen LogP contribution in [0.5, 0.6) is 11.5 Å². The maximum Gasteiger partial charge on any atom is 0.343 e. The molecule has 0 unspecified atom stereocenters. The molecule has 0 bridgehead atoms. The van der Waals surface area contributed by atoms with Crippen molar-refractivity contribution in [2.45, 2.75) is 13.3 Å². The Labute approximate surface area is 157 Å². The minimum Gasteiger partial charge on any atom is -0.493 e. The molecule has 6 heteroatoms. The van der Waals surface area contributed by atoms with E-state index in [9.17, 15) is 9.59 Å². The van der Waals surface area contributed by atoms with Crippen LogP contribution in [0, 0.1) is 6.92 Å². The van der Waals surface area contributed by atoms with Crippen molar-refractivity contribution < 1.29 is 23.8 Å². The lowest BCUT2D eigenvalue weighted by atomic mass is 10.1. The van der Waals surface area contributed by atoms with E-state index in [0.717, 1.165) is 28.9 Å². The number of nitrogens with one attached hydrogen (secondary N) is 1. The first-order valence-corrected chi connectivity index (χ1v) is 8.60. The fourth-order valence-electron chi connectivity index (χ4n) is 2.72. The molecule has 1 amide bonds. The first kappa shape index (κ1) is 18.5. The number of amides is 1. The molecular weight excluding hydrogens is 346 g/mol. The number of rotatable bonds is 6. The molecule has 0 radical (unpaired) electrons. The van der Waals surface area contributed by atoms with E-state index in [1.807, 2.05) is 25.1 Å². The zero-order valence-electron chi connectivity index (χ0n) is 15.3. The summed E-state index contributed by atoms with van der Waals surface area (Å²) in [7, 11) is 1.31. The third-order valence-electron chi connectivity index (χ3n) is 4.18. The second-order valence-corrected chi connectivity index (χ2v) is 6.13. The van der Waals surface area contributed by atoms with E-state index in [1.54, 1.807) is 24.3 Å². The number of ether oxygens (including phenoxy) is 3. The number of hydrogen-bond donors (Lipinski definition) is 1. The van der Waals surface area contributed by atoms with Gasteiger partial charge in [0, 0.05) is 18.2 Å². The lowest BCUT2D eigenvalue weighted by molar-refractivity contribution is -0.142. The molecular formula is C21H21NO5. The van der Waals surface area contributed by atoms with Crippen molar-refractivity contribution in [1.29, 1.82) is 0 Å². The molecule has 0 saturated carbocycles. The van der Waals surface area contributed by atoms with Crippen LogP contribution in [0.1, 0.15) is 16.7 Å². The van der Waals surface area contributed by atoms with Crippen molar-refractivity contribution in [2.24, 2.45) is 0 Å². The minimum absolute atomic E-state index is 0.157. The summed E-state index contributed by atoms with van der Waals surface area (Å²) in [5, 5.41) is 2.84. The quantitative estimate of drug-likeness (QED) is 0.627. The molecule has 1 aliphatic heterocycles. The highest BCUT2D eigenvalue weighted by atomic mass is 16.6. The molecule has 1 aliphatic rings. The van der Waals surface area contributed by atoms with Crippen LogP contribution in [0.3, 0.4) is 0 Å². The number of benzene rings is 2. The van der Waals surface area contributed by atoms with Crippen LogP contribution in [0.2, 0.25) is 0 Å². The van der Waals surface area contributed by atoms with Gasteiger partial charge in [-0.25, -0.2) is 4.79 Å². The predicted molar refractivity (Wildman–Crippen MR) is 102 cm³/mol. The number of esters is 1. The number of fused-ring (bicyclic) bond motifs is 1. The number of methoxy groups -OCH3 is 1. The number of carbonyl (C=O) groups excluding carboxylic acids is 2. The number of hydrogen-bond acceptors (Lipinski definition) is 5. The van der Waals surface area contributed by atoms with Gasteiger partial charge in [0.05, 0.1) is 13.7 Å². The fourth-order valence-corrected chi connectivity index (χ4v) is 2.72. The van der Waals surface area contributed by atoms with Crippen molar-refractivity contribution in [3.8, 4) is 11.5 Å². The molecule has 0 spiro atoms. The molecule has 0 aliphatic carbocycles. The highest BCUT2D eigenvalue weighted by Crippen LogP contribution is 2.26. The Balaban J connectivity index is 1.59. The first-order valence-electron chi connectivity index (χ1n) is 8.60. The van der Waals surface area contributed by atoms with Gasteiger partial charge in [-0.05, 0) is 60.0 Å². The van der Waals surface area contributed by atoms with E-state index < -0.39 is 5.97 Å². The van der Waals surface area contributed by atoms with Gasteiger partial charge in [0.25, 0.3) is 0 Å². The Hall–Kier alpha value is -3.28. The van der Waals surface area contributed by atoms with Crippen molar-refractivity contribution in [3.63, 3.8) is 0 Å². The van der Waals surface area contributed by atoms with Crippen LogP contribution >= 0.6 is 0 Å². The van der Waals surface area contributed by atoms with Crippen molar-refractivity contribution in [2.75, 3.05) is 25.6 Å². The molecule has 27 heavy (non-hydrogen) atoms. The highest BCUT2D eigenvalue weighted by Gasteiger charge is 2.11. The Bertz CT molecular complexity index is 888. The average Bonchev–Trinajstić information content (AvgIpc) is 3.14. The van der Waals surface area contributed by atoms with Gasteiger partial charge in [-0.1, -0.05) is 6.07 Å². The van der Waals surface area contributed by atoms with Gasteiger partial charge in [0.1, 0.15) is 11.5 Å². The lowest BCUT2D eigenvalue weighted by Gasteiger charge is -2.10. The SMILES string of the molecule is COC(=O)COc1ccc(NC(=O)C=Cc2ccc3c(c2)CCO3)c(C)c1. The van der Waals surface area contributed by atoms with Crippen LogP contribution in [-0.4, -0.2) is 32.2 Å². The summed E-state index contributed by atoms with van der Waals surface area (Å²) >= 11 is 0. The molecule has 1 heterocycles. The van der Waals surface area contributed by atoms with Gasteiger partial charge in [0.2, 0.25) is 5.91 Å². The summed E-state index contributed by atoms with van der Waals surface area (Å²) < 4.78 is 15.3. The molecule has 3 rings (SSSR count). The van der Waals surface area contributed by atoms with Gasteiger partial charge >= 0.3 is 5.97 Å². The third-order valence-corrected chi connectivity index (χ3v) is 4.18. The Morgan fingerprint density at radius 1 is 1.22 bits per heavy atom. The summed E-state index contributed by atoms with van der Waals surface area (Å²) in [5.74, 6) is 0.778. The maximum atomic E-state index is 12.2. The van der Waals surface area contributed by atoms with Crippen LogP contribution in [0.25, 0.3) is 6.08 Å². The summed E-state index contributed by atoms with van der Waals surface area (Å²) in [6.07, 6.45) is 4.17. The maximum absolute atomic E-state index is 12.2. The average molecular weight is 367 g/mol. The van der Waals surface area contributed by atoms with Crippen LogP contribution in [0.4, 0.5) is 5.69 Å². The molecule has 0 fully saturated rings. The van der Waals surface area contributed by atoms with E-state index >= 15 is 0 Å².